The van der Waals surface area contributed by atoms with Crippen LogP contribution < -0.4 is 9.64 Å². The van der Waals surface area contributed by atoms with Gasteiger partial charge < -0.3 is 19.1 Å². The Hall–Kier alpha value is -2.06. The molecule has 0 atom stereocenters. The molecule has 4 rings (SSSR count). The molecule has 9 heteroatoms. The second-order valence-corrected chi connectivity index (χ2v) is 8.14. The Morgan fingerprint density at radius 3 is 2.72 bits per heavy atom. The largest absolute Gasteiger partial charge is 0.497 e. The molecule has 0 bridgehead atoms. The van der Waals surface area contributed by atoms with Crippen molar-refractivity contribution in [3.8, 4) is 16.9 Å². The fraction of sp³-hybridized carbons (Fsp3) is 0.478. The maximum Gasteiger partial charge on any atom is 0.165 e. The molecule has 3 heterocycles. The van der Waals surface area contributed by atoms with Gasteiger partial charge >= 0.3 is 0 Å². The molecular weight excluding hydrogens is 451 g/mol. The van der Waals surface area contributed by atoms with E-state index in [4.69, 9.17) is 35.9 Å². The molecule has 0 saturated heterocycles. The summed E-state index contributed by atoms with van der Waals surface area (Å²) in [6, 6.07) is 5.70. The summed E-state index contributed by atoms with van der Waals surface area (Å²) in [7, 11) is 3.36. The number of fused-ring (bicyclic) bond motifs is 2. The van der Waals surface area contributed by atoms with E-state index in [9.17, 15) is 0 Å². The summed E-state index contributed by atoms with van der Waals surface area (Å²) in [5.74, 6) is 1.76. The van der Waals surface area contributed by atoms with Crippen molar-refractivity contribution in [2.45, 2.75) is 39.9 Å². The van der Waals surface area contributed by atoms with Gasteiger partial charge in [0, 0.05) is 31.3 Å². The lowest BCUT2D eigenvalue weighted by molar-refractivity contribution is 0.133. The van der Waals surface area contributed by atoms with Crippen LogP contribution in [0.25, 0.3) is 16.8 Å². The molecule has 0 unspecified atom stereocenters. The van der Waals surface area contributed by atoms with E-state index < -0.39 is 0 Å². The Bertz CT molecular complexity index is 1080. The van der Waals surface area contributed by atoms with Gasteiger partial charge in [0.15, 0.2) is 5.65 Å². The zero-order valence-corrected chi connectivity index (χ0v) is 20.6. The minimum absolute atomic E-state index is 0. The highest BCUT2D eigenvalue weighted by Crippen LogP contribution is 2.38. The summed E-state index contributed by atoms with van der Waals surface area (Å²) in [6.07, 6.45) is 2.20. The fourth-order valence-corrected chi connectivity index (χ4v) is 4.34. The second-order valence-electron chi connectivity index (χ2n) is 7.73. The first-order valence-electron chi connectivity index (χ1n) is 10.7. The van der Waals surface area contributed by atoms with E-state index in [1.807, 2.05) is 29.6 Å². The van der Waals surface area contributed by atoms with Crippen LogP contribution in [-0.4, -0.2) is 48.5 Å². The zero-order chi connectivity index (χ0) is 22.0. The lowest BCUT2D eigenvalue weighted by Gasteiger charge is -2.26. The summed E-state index contributed by atoms with van der Waals surface area (Å²) < 4.78 is 18.5. The van der Waals surface area contributed by atoms with Crippen molar-refractivity contribution in [3.63, 3.8) is 0 Å². The Balaban J connectivity index is 0.00000289. The van der Waals surface area contributed by atoms with Crippen molar-refractivity contribution in [2.75, 3.05) is 38.8 Å². The third kappa shape index (κ3) is 4.53. The van der Waals surface area contributed by atoms with Crippen LogP contribution in [0.15, 0.2) is 18.2 Å². The second kappa shape index (κ2) is 10.7. The minimum Gasteiger partial charge on any atom is -0.497 e. The van der Waals surface area contributed by atoms with Gasteiger partial charge in [-0.2, -0.15) is 9.61 Å². The molecule has 0 aliphatic carbocycles. The SMILES string of the molecule is CCCCN(CCOC)c1c2c(nc3c(-c4ccc(OC)cc4Cl)c(C)nn13)COC2.Cl. The van der Waals surface area contributed by atoms with Crippen LogP contribution in [0.2, 0.25) is 5.02 Å². The number of benzene rings is 1. The first-order chi connectivity index (χ1) is 15.1. The fourth-order valence-electron chi connectivity index (χ4n) is 4.07. The first-order valence-corrected chi connectivity index (χ1v) is 11.0. The van der Waals surface area contributed by atoms with Gasteiger partial charge in [0.2, 0.25) is 0 Å². The molecule has 0 radical (unpaired) electrons. The number of ether oxygens (including phenoxy) is 3. The summed E-state index contributed by atoms with van der Waals surface area (Å²) in [4.78, 5) is 7.32. The Morgan fingerprint density at radius 1 is 1.22 bits per heavy atom. The number of aromatic nitrogens is 3. The molecule has 3 aromatic rings. The van der Waals surface area contributed by atoms with E-state index in [0.717, 1.165) is 71.2 Å². The van der Waals surface area contributed by atoms with E-state index in [1.165, 1.54) is 0 Å². The summed E-state index contributed by atoms with van der Waals surface area (Å²) in [6.45, 7) is 7.59. The highest BCUT2D eigenvalue weighted by Gasteiger charge is 2.28. The highest BCUT2D eigenvalue weighted by molar-refractivity contribution is 6.33. The summed E-state index contributed by atoms with van der Waals surface area (Å²) in [5.41, 5.74) is 5.58. The molecule has 0 spiro atoms. The molecule has 2 aromatic heterocycles. The summed E-state index contributed by atoms with van der Waals surface area (Å²) >= 11 is 6.63. The normalized spacial score (nSPS) is 12.7. The Morgan fingerprint density at radius 2 is 2.03 bits per heavy atom. The van der Waals surface area contributed by atoms with Crippen molar-refractivity contribution in [1.82, 2.24) is 14.6 Å². The van der Waals surface area contributed by atoms with Gasteiger partial charge in [0.1, 0.15) is 11.6 Å². The van der Waals surface area contributed by atoms with Crippen molar-refractivity contribution >= 4 is 35.5 Å². The predicted octanol–water partition coefficient (Wildman–Crippen LogP) is 5.07. The topological polar surface area (TPSA) is 61.1 Å². The van der Waals surface area contributed by atoms with E-state index in [1.54, 1.807) is 14.2 Å². The lowest BCUT2D eigenvalue weighted by Crippen LogP contribution is -2.31. The molecule has 0 amide bonds. The van der Waals surface area contributed by atoms with Crippen molar-refractivity contribution in [3.05, 3.63) is 40.2 Å². The number of hydrogen-bond donors (Lipinski definition) is 0. The van der Waals surface area contributed by atoms with E-state index in [0.29, 0.717) is 24.8 Å². The van der Waals surface area contributed by atoms with E-state index in [-0.39, 0.29) is 12.4 Å². The summed E-state index contributed by atoms with van der Waals surface area (Å²) in [5, 5.41) is 5.52. The van der Waals surface area contributed by atoms with Crippen molar-refractivity contribution < 1.29 is 14.2 Å². The number of halogens is 2. The molecule has 1 aliphatic heterocycles. The molecule has 0 saturated carbocycles. The number of hydrogen-bond acceptors (Lipinski definition) is 6. The van der Waals surface area contributed by atoms with Gasteiger partial charge in [0.25, 0.3) is 0 Å². The quantitative estimate of drug-likeness (QED) is 0.425. The van der Waals surface area contributed by atoms with Gasteiger partial charge in [0.05, 0.1) is 48.9 Å². The van der Waals surface area contributed by atoms with Crippen LogP contribution in [0.5, 0.6) is 5.75 Å². The number of rotatable bonds is 9. The van der Waals surface area contributed by atoms with Gasteiger partial charge in [-0.15, -0.1) is 12.4 Å². The van der Waals surface area contributed by atoms with Crippen LogP contribution in [0, 0.1) is 6.92 Å². The van der Waals surface area contributed by atoms with Gasteiger partial charge in [-0.3, -0.25) is 0 Å². The van der Waals surface area contributed by atoms with Crippen LogP contribution in [0.4, 0.5) is 5.82 Å². The molecule has 1 aliphatic rings. The molecule has 7 nitrogen and oxygen atoms in total. The van der Waals surface area contributed by atoms with Crippen LogP contribution in [0.1, 0.15) is 36.7 Å². The van der Waals surface area contributed by atoms with Gasteiger partial charge in [-0.05, 0) is 31.5 Å². The standard InChI is InChI=1S/C23H29ClN4O3.ClH/c1-5-6-9-27(10-11-29-3)23-18-13-31-14-20(18)25-22-21(15(2)26-28(22)23)17-8-7-16(30-4)12-19(17)24;/h7-8,12H,5-6,9-11,13-14H2,1-4H3;1H. The molecule has 1 aromatic carbocycles. The van der Waals surface area contributed by atoms with Gasteiger partial charge in [-0.25, -0.2) is 4.98 Å². The lowest BCUT2D eigenvalue weighted by atomic mass is 10.1. The maximum atomic E-state index is 6.63. The molecule has 0 N–H and O–H groups in total. The van der Waals surface area contributed by atoms with Crippen molar-refractivity contribution in [2.24, 2.45) is 0 Å². The predicted molar refractivity (Wildman–Crippen MR) is 129 cm³/mol. The number of aryl methyl sites for hydroxylation is 1. The maximum absolute atomic E-state index is 6.63. The number of unbranched alkanes of at least 4 members (excludes halogenated alkanes) is 1. The third-order valence-corrected chi connectivity index (χ3v) is 5.99. The number of nitrogens with zero attached hydrogens (tertiary/aromatic N) is 4. The molecule has 174 valence electrons. The smallest absolute Gasteiger partial charge is 0.165 e. The molecule has 0 fully saturated rings. The highest BCUT2D eigenvalue weighted by atomic mass is 35.5. The van der Waals surface area contributed by atoms with Gasteiger partial charge in [-0.1, -0.05) is 24.9 Å². The van der Waals surface area contributed by atoms with Crippen LogP contribution in [-0.2, 0) is 22.7 Å². The number of methoxy groups -OCH3 is 2. The minimum atomic E-state index is 0. The van der Waals surface area contributed by atoms with E-state index in [2.05, 4.69) is 11.8 Å². The third-order valence-electron chi connectivity index (χ3n) is 5.67. The van der Waals surface area contributed by atoms with Crippen molar-refractivity contribution in [1.29, 1.82) is 0 Å². The average molecular weight is 481 g/mol. The molecule has 32 heavy (non-hydrogen) atoms. The number of anilines is 1. The zero-order valence-electron chi connectivity index (χ0n) is 19.0. The first kappa shape index (κ1) is 24.6. The molecular formula is C23H30Cl2N4O3. The Kier molecular flexibility index (Phi) is 8.22. The average Bonchev–Trinajstić information content (AvgIpc) is 3.36. The monoisotopic (exact) mass is 480 g/mol. The van der Waals surface area contributed by atoms with E-state index >= 15 is 0 Å². The van der Waals surface area contributed by atoms with Crippen LogP contribution >= 0.6 is 24.0 Å². The Labute approximate surface area is 200 Å². The van der Waals surface area contributed by atoms with Crippen LogP contribution in [0.3, 0.4) is 0 Å².